The van der Waals surface area contributed by atoms with Crippen molar-refractivity contribution in [1.82, 2.24) is 0 Å². The maximum atomic E-state index is 11.1. The Bertz CT molecular complexity index is 1760. The van der Waals surface area contributed by atoms with E-state index in [1.54, 1.807) is 0 Å². The van der Waals surface area contributed by atoms with Crippen LogP contribution in [-0.4, -0.2) is 61.0 Å². The zero-order valence-electron chi connectivity index (χ0n) is 32.8. The summed E-state index contributed by atoms with van der Waals surface area (Å²) in [5.41, 5.74) is 3.49. The highest BCUT2D eigenvalue weighted by molar-refractivity contribution is 5.43. The van der Waals surface area contributed by atoms with Crippen LogP contribution in [0.4, 0.5) is 0 Å². The van der Waals surface area contributed by atoms with Gasteiger partial charge in [0.15, 0.2) is 0 Å². The SMILES string of the molecule is CCC(C)(CC(O)COc1ccc(C(C)(C)c2ccc(OC(C)(CC)C3CO3)cc2)cc1)Oc1ccc(C(C)(C)c2ccc(OCC3CO3)cc2)cc1. The third-order valence-corrected chi connectivity index (χ3v) is 11.4. The van der Waals surface area contributed by atoms with Crippen molar-refractivity contribution in [2.45, 2.75) is 115 Å². The van der Waals surface area contributed by atoms with E-state index in [9.17, 15) is 5.11 Å². The molecule has 0 aromatic heterocycles. The molecule has 2 fully saturated rings. The minimum atomic E-state index is -0.695. The van der Waals surface area contributed by atoms with Crippen molar-refractivity contribution in [3.8, 4) is 23.0 Å². The summed E-state index contributed by atoms with van der Waals surface area (Å²) in [6.45, 7) is 19.6. The van der Waals surface area contributed by atoms with E-state index in [2.05, 4.69) is 109 Å². The van der Waals surface area contributed by atoms with Gasteiger partial charge in [-0.05, 0) is 97.5 Å². The number of epoxide rings is 2. The first-order chi connectivity index (χ1) is 25.2. The summed E-state index contributed by atoms with van der Waals surface area (Å²) < 4.78 is 35.5. The Morgan fingerprint density at radius 1 is 0.585 bits per heavy atom. The van der Waals surface area contributed by atoms with Crippen LogP contribution in [0.25, 0.3) is 0 Å². The van der Waals surface area contributed by atoms with Gasteiger partial charge in [0.2, 0.25) is 0 Å². The molecule has 0 spiro atoms. The zero-order valence-corrected chi connectivity index (χ0v) is 32.8. The van der Waals surface area contributed by atoms with Gasteiger partial charge in [0.1, 0.15) is 59.6 Å². The molecule has 2 aliphatic rings. The average Bonchev–Trinajstić information content (AvgIpc) is 4.09. The van der Waals surface area contributed by atoms with Crippen LogP contribution in [0.5, 0.6) is 23.0 Å². The summed E-state index contributed by atoms with van der Waals surface area (Å²) >= 11 is 0. The minimum Gasteiger partial charge on any atom is -0.491 e. The molecule has 284 valence electrons. The molecule has 0 amide bonds. The number of rotatable bonds is 19. The van der Waals surface area contributed by atoms with Gasteiger partial charge >= 0.3 is 0 Å². The lowest BCUT2D eigenvalue weighted by atomic mass is 9.78. The molecule has 7 heteroatoms. The quantitative estimate of drug-likeness (QED) is 0.0966. The zero-order chi connectivity index (χ0) is 37.9. The van der Waals surface area contributed by atoms with Crippen molar-refractivity contribution in [1.29, 1.82) is 0 Å². The number of aliphatic hydroxyl groups is 1. The molecule has 0 radical (unpaired) electrons. The van der Waals surface area contributed by atoms with E-state index in [-0.39, 0.29) is 35.2 Å². The number of aliphatic hydroxyl groups excluding tert-OH is 1. The van der Waals surface area contributed by atoms with Crippen LogP contribution >= 0.6 is 0 Å². The molecular formula is C46H58O7. The molecule has 5 unspecified atom stereocenters. The monoisotopic (exact) mass is 722 g/mol. The van der Waals surface area contributed by atoms with Gasteiger partial charge in [0, 0.05) is 17.3 Å². The van der Waals surface area contributed by atoms with Gasteiger partial charge < -0.3 is 33.5 Å². The number of benzene rings is 4. The highest BCUT2D eigenvalue weighted by Gasteiger charge is 2.44. The highest BCUT2D eigenvalue weighted by Crippen LogP contribution is 2.37. The van der Waals surface area contributed by atoms with Gasteiger partial charge in [-0.25, -0.2) is 0 Å². The number of hydrogen-bond donors (Lipinski definition) is 1. The lowest BCUT2D eigenvalue weighted by Crippen LogP contribution is -2.37. The van der Waals surface area contributed by atoms with Crippen molar-refractivity contribution in [2.75, 3.05) is 26.4 Å². The lowest BCUT2D eigenvalue weighted by molar-refractivity contribution is 0.00433. The molecule has 53 heavy (non-hydrogen) atoms. The maximum absolute atomic E-state index is 11.1. The fourth-order valence-corrected chi connectivity index (χ4v) is 6.83. The van der Waals surface area contributed by atoms with Crippen LogP contribution < -0.4 is 18.9 Å². The van der Waals surface area contributed by atoms with Crippen molar-refractivity contribution in [2.24, 2.45) is 0 Å². The van der Waals surface area contributed by atoms with Gasteiger partial charge in [-0.3, -0.25) is 0 Å². The second-order valence-electron chi connectivity index (χ2n) is 16.3. The standard InChI is InChI=1S/C46H58O7/c1-9-45(7,52-39-23-15-34(16-24-39)43(3,4)33-13-21-38(22-14-33)49-29-41-30-50-41)27-36(47)28-48-37-19-11-32(12-20-37)44(5,6)35-17-25-40(26-18-35)53-46(8,10-2)42-31-51-42/h11-26,36,41-42,47H,9-10,27-31H2,1-8H3. The van der Waals surface area contributed by atoms with E-state index in [1.807, 2.05) is 43.3 Å². The van der Waals surface area contributed by atoms with E-state index in [4.69, 9.17) is 28.4 Å². The van der Waals surface area contributed by atoms with Crippen LogP contribution in [0.3, 0.4) is 0 Å². The smallest absolute Gasteiger partial charge is 0.134 e. The summed E-state index contributed by atoms with van der Waals surface area (Å²) in [5, 5.41) is 11.1. The van der Waals surface area contributed by atoms with Crippen LogP contribution in [-0.2, 0) is 20.3 Å². The second kappa shape index (κ2) is 15.7. The predicted molar refractivity (Wildman–Crippen MR) is 210 cm³/mol. The van der Waals surface area contributed by atoms with Gasteiger partial charge in [-0.2, -0.15) is 0 Å². The summed E-state index contributed by atoms with van der Waals surface area (Å²) in [7, 11) is 0. The molecule has 5 atom stereocenters. The molecule has 2 saturated heterocycles. The first kappa shape index (κ1) is 38.7. The van der Waals surface area contributed by atoms with E-state index < -0.39 is 11.7 Å². The van der Waals surface area contributed by atoms with Crippen LogP contribution in [0.15, 0.2) is 97.1 Å². The summed E-state index contributed by atoms with van der Waals surface area (Å²) in [6.07, 6.45) is 1.78. The van der Waals surface area contributed by atoms with E-state index in [1.165, 1.54) is 22.3 Å². The summed E-state index contributed by atoms with van der Waals surface area (Å²) in [4.78, 5) is 0. The van der Waals surface area contributed by atoms with Gasteiger partial charge in [0.25, 0.3) is 0 Å². The molecule has 1 N–H and O–H groups in total. The van der Waals surface area contributed by atoms with Crippen molar-refractivity contribution >= 4 is 0 Å². The molecule has 0 aliphatic carbocycles. The Morgan fingerprint density at radius 2 is 1.00 bits per heavy atom. The first-order valence-corrected chi connectivity index (χ1v) is 19.2. The Balaban J connectivity index is 0.994. The molecule has 7 nitrogen and oxygen atoms in total. The van der Waals surface area contributed by atoms with Crippen molar-refractivity contribution in [3.63, 3.8) is 0 Å². The summed E-state index contributed by atoms with van der Waals surface area (Å²) in [5.74, 6) is 3.22. The predicted octanol–water partition coefficient (Wildman–Crippen LogP) is 9.44. The lowest BCUT2D eigenvalue weighted by Gasteiger charge is -2.32. The van der Waals surface area contributed by atoms with E-state index >= 15 is 0 Å². The fourth-order valence-electron chi connectivity index (χ4n) is 6.83. The van der Waals surface area contributed by atoms with Crippen molar-refractivity contribution < 1.29 is 33.5 Å². The van der Waals surface area contributed by atoms with E-state index in [0.717, 1.165) is 49.1 Å². The third kappa shape index (κ3) is 9.56. The Morgan fingerprint density at radius 3 is 1.40 bits per heavy atom. The number of ether oxygens (including phenoxy) is 6. The summed E-state index contributed by atoms with van der Waals surface area (Å²) in [6, 6.07) is 33.2. The largest absolute Gasteiger partial charge is 0.491 e. The fraction of sp³-hybridized carbons (Fsp3) is 0.478. The molecule has 4 aromatic rings. The molecule has 0 bridgehead atoms. The van der Waals surface area contributed by atoms with Crippen LogP contribution in [0.1, 0.15) is 96.9 Å². The van der Waals surface area contributed by atoms with Gasteiger partial charge in [-0.1, -0.05) is 90.1 Å². The topological polar surface area (TPSA) is 82.2 Å². The normalized spacial score (nSPS) is 19.7. The molecule has 0 saturated carbocycles. The second-order valence-corrected chi connectivity index (χ2v) is 16.3. The minimum absolute atomic E-state index is 0.168. The highest BCUT2D eigenvalue weighted by atomic mass is 16.6. The van der Waals surface area contributed by atoms with Gasteiger partial charge in [0.05, 0.1) is 19.3 Å². The number of hydrogen-bond acceptors (Lipinski definition) is 7. The Kier molecular flexibility index (Phi) is 11.5. The van der Waals surface area contributed by atoms with Crippen molar-refractivity contribution in [3.05, 3.63) is 119 Å². The molecular weight excluding hydrogens is 664 g/mol. The third-order valence-electron chi connectivity index (χ3n) is 11.4. The van der Waals surface area contributed by atoms with E-state index in [0.29, 0.717) is 13.0 Å². The maximum Gasteiger partial charge on any atom is 0.134 e. The molecule has 2 heterocycles. The first-order valence-electron chi connectivity index (χ1n) is 19.2. The molecule has 4 aromatic carbocycles. The van der Waals surface area contributed by atoms with Gasteiger partial charge in [-0.15, -0.1) is 0 Å². The Labute approximate surface area is 316 Å². The average molecular weight is 723 g/mol. The molecule has 2 aliphatic heterocycles. The van der Waals surface area contributed by atoms with Crippen LogP contribution in [0, 0.1) is 0 Å². The van der Waals surface area contributed by atoms with Crippen LogP contribution in [0.2, 0.25) is 0 Å². The molecule has 6 rings (SSSR count). The Hall–Kier alpha value is -4.04.